The standard InChI is InChI=1S/C19H21N5O2/c25-19(10-17-22-18(23-26-17)13-2-3-13)6-1-9-24(12-19)16-5-8-21-15-4-7-20-11-14(15)16/h4-5,7-8,11,13,25H,1-3,6,9-10,12H2. The van der Waals surface area contributed by atoms with Crippen LogP contribution in [0.15, 0.2) is 35.2 Å². The van der Waals surface area contributed by atoms with Crippen LogP contribution in [0.2, 0.25) is 0 Å². The average molecular weight is 351 g/mol. The molecule has 4 heterocycles. The summed E-state index contributed by atoms with van der Waals surface area (Å²) < 4.78 is 5.39. The SMILES string of the molecule is OC1(Cc2nc(C3CC3)no2)CCCN(c2ccnc3ccncc23)C1. The van der Waals surface area contributed by atoms with Crippen LogP contribution in [-0.2, 0) is 6.42 Å². The first kappa shape index (κ1) is 15.7. The highest BCUT2D eigenvalue weighted by Gasteiger charge is 2.37. The lowest BCUT2D eigenvalue weighted by atomic mass is 9.89. The van der Waals surface area contributed by atoms with E-state index in [4.69, 9.17) is 4.52 Å². The van der Waals surface area contributed by atoms with Crippen molar-refractivity contribution in [2.45, 2.75) is 43.6 Å². The maximum atomic E-state index is 11.2. The predicted molar refractivity (Wildman–Crippen MR) is 95.9 cm³/mol. The summed E-state index contributed by atoms with van der Waals surface area (Å²) in [4.78, 5) is 15.3. The molecule has 2 fully saturated rings. The van der Waals surface area contributed by atoms with Gasteiger partial charge in [0.25, 0.3) is 0 Å². The largest absolute Gasteiger partial charge is 0.388 e. The van der Waals surface area contributed by atoms with Crippen molar-refractivity contribution < 1.29 is 9.63 Å². The molecule has 1 unspecified atom stereocenters. The second-order valence-corrected chi connectivity index (χ2v) is 7.47. The van der Waals surface area contributed by atoms with E-state index < -0.39 is 5.60 Å². The Bertz CT molecular complexity index is 933. The molecule has 1 saturated carbocycles. The highest BCUT2D eigenvalue weighted by atomic mass is 16.5. The van der Waals surface area contributed by atoms with Gasteiger partial charge in [-0.1, -0.05) is 5.16 Å². The van der Waals surface area contributed by atoms with Gasteiger partial charge in [0.15, 0.2) is 5.82 Å². The van der Waals surface area contributed by atoms with Crippen LogP contribution in [0.5, 0.6) is 0 Å². The Morgan fingerprint density at radius 2 is 2.19 bits per heavy atom. The van der Waals surface area contributed by atoms with E-state index in [0.717, 1.165) is 54.6 Å². The molecular weight excluding hydrogens is 330 g/mol. The molecule has 1 aliphatic heterocycles. The summed E-state index contributed by atoms with van der Waals surface area (Å²) >= 11 is 0. The second-order valence-electron chi connectivity index (χ2n) is 7.47. The Hall–Kier alpha value is -2.54. The second kappa shape index (κ2) is 6.02. The molecule has 26 heavy (non-hydrogen) atoms. The van der Waals surface area contributed by atoms with Gasteiger partial charge >= 0.3 is 0 Å². The van der Waals surface area contributed by atoms with Crippen molar-refractivity contribution >= 4 is 16.6 Å². The molecule has 3 aromatic heterocycles. The number of hydrogen-bond donors (Lipinski definition) is 1. The quantitative estimate of drug-likeness (QED) is 0.772. The van der Waals surface area contributed by atoms with Crippen LogP contribution in [0.25, 0.3) is 10.9 Å². The Kier molecular flexibility index (Phi) is 3.63. The number of anilines is 1. The van der Waals surface area contributed by atoms with E-state index in [0.29, 0.717) is 24.8 Å². The molecule has 134 valence electrons. The summed E-state index contributed by atoms with van der Waals surface area (Å²) in [6.45, 7) is 1.43. The first-order valence-corrected chi connectivity index (χ1v) is 9.19. The lowest BCUT2D eigenvalue weighted by Crippen LogP contribution is -2.49. The van der Waals surface area contributed by atoms with Gasteiger partial charge in [-0.05, 0) is 37.8 Å². The topological polar surface area (TPSA) is 88.2 Å². The Labute approximate surface area is 151 Å². The van der Waals surface area contributed by atoms with Gasteiger partial charge in [0.05, 0.1) is 17.5 Å². The molecule has 0 amide bonds. The fraction of sp³-hybridized carbons (Fsp3) is 0.474. The van der Waals surface area contributed by atoms with Crippen molar-refractivity contribution in [1.29, 1.82) is 0 Å². The zero-order valence-corrected chi connectivity index (χ0v) is 14.5. The van der Waals surface area contributed by atoms with Gasteiger partial charge in [0.1, 0.15) is 0 Å². The smallest absolute Gasteiger partial charge is 0.229 e. The number of aromatic nitrogens is 4. The predicted octanol–water partition coefficient (Wildman–Crippen LogP) is 2.46. The highest BCUT2D eigenvalue weighted by Crippen LogP contribution is 2.38. The minimum Gasteiger partial charge on any atom is -0.388 e. The van der Waals surface area contributed by atoms with E-state index in [1.165, 1.54) is 0 Å². The van der Waals surface area contributed by atoms with Gasteiger partial charge < -0.3 is 14.5 Å². The fourth-order valence-corrected chi connectivity index (χ4v) is 3.84. The molecule has 0 aromatic carbocycles. The van der Waals surface area contributed by atoms with E-state index in [9.17, 15) is 5.11 Å². The summed E-state index contributed by atoms with van der Waals surface area (Å²) in [7, 11) is 0. The van der Waals surface area contributed by atoms with Crippen molar-refractivity contribution in [3.05, 3.63) is 42.4 Å². The molecule has 3 aromatic rings. The molecule has 7 heteroatoms. The minimum absolute atomic E-state index is 0.393. The zero-order chi connectivity index (χ0) is 17.6. The number of piperidine rings is 1. The van der Waals surface area contributed by atoms with E-state index in [-0.39, 0.29) is 0 Å². The summed E-state index contributed by atoms with van der Waals surface area (Å²) in [6.07, 6.45) is 9.70. The van der Waals surface area contributed by atoms with Crippen LogP contribution in [-0.4, -0.2) is 43.9 Å². The van der Waals surface area contributed by atoms with Crippen LogP contribution in [0, 0.1) is 0 Å². The zero-order valence-electron chi connectivity index (χ0n) is 14.5. The van der Waals surface area contributed by atoms with Gasteiger partial charge in [0, 0.05) is 48.7 Å². The summed E-state index contributed by atoms with van der Waals surface area (Å²) in [5, 5.41) is 16.3. The number of nitrogens with zero attached hydrogens (tertiary/aromatic N) is 5. The molecule has 5 rings (SSSR count). The monoisotopic (exact) mass is 351 g/mol. The van der Waals surface area contributed by atoms with Crippen LogP contribution >= 0.6 is 0 Å². The maximum absolute atomic E-state index is 11.2. The molecular formula is C19H21N5O2. The number of fused-ring (bicyclic) bond motifs is 1. The first-order chi connectivity index (χ1) is 12.7. The van der Waals surface area contributed by atoms with Gasteiger partial charge in [0.2, 0.25) is 5.89 Å². The minimum atomic E-state index is -0.872. The van der Waals surface area contributed by atoms with E-state index in [1.54, 1.807) is 6.20 Å². The number of aliphatic hydroxyl groups is 1. The molecule has 0 bridgehead atoms. The number of β-amino-alcohol motifs (C(OH)–C–C–N with tert-alkyl or cyclic N) is 1. The molecule has 1 N–H and O–H groups in total. The Morgan fingerprint density at radius 1 is 1.27 bits per heavy atom. The van der Waals surface area contributed by atoms with Gasteiger partial charge in [-0.15, -0.1) is 0 Å². The number of hydrogen-bond acceptors (Lipinski definition) is 7. The fourth-order valence-electron chi connectivity index (χ4n) is 3.84. The number of pyridine rings is 2. The van der Waals surface area contributed by atoms with E-state index in [1.807, 2.05) is 24.5 Å². The van der Waals surface area contributed by atoms with Crippen LogP contribution in [0.4, 0.5) is 5.69 Å². The van der Waals surface area contributed by atoms with Crippen LogP contribution < -0.4 is 4.90 Å². The van der Waals surface area contributed by atoms with E-state index >= 15 is 0 Å². The molecule has 1 saturated heterocycles. The van der Waals surface area contributed by atoms with Gasteiger partial charge in [-0.25, -0.2) is 0 Å². The lowest BCUT2D eigenvalue weighted by Gasteiger charge is -2.40. The van der Waals surface area contributed by atoms with Crippen molar-refractivity contribution in [2.75, 3.05) is 18.0 Å². The van der Waals surface area contributed by atoms with E-state index in [2.05, 4.69) is 25.0 Å². The summed E-state index contributed by atoms with van der Waals surface area (Å²) in [5.74, 6) is 1.79. The van der Waals surface area contributed by atoms with Crippen molar-refractivity contribution in [3.63, 3.8) is 0 Å². The highest BCUT2D eigenvalue weighted by molar-refractivity contribution is 5.90. The summed E-state index contributed by atoms with van der Waals surface area (Å²) in [5.41, 5.74) is 1.10. The maximum Gasteiger partial charge on any atom is 0.229 e. The van der Waals surface area contributed by atoms with Gasteiger partial charge in [-0.3, -0.25) is 9.97 Å². The van der Waals surface area contributed by atoms with Crippen LogP contribution in [0.1, 0.15) is 43.3 Å². The van der Waals surface area contributed by atoms with Crippen molar-refractivity contribution in [2.24, 2.45) is 0 Å². The molecule has 0 radical (unpaired) electrons. The normalized spacial score (nSPS) is 23.5. The molecule has 1 aliphatic carbocycles. The third-order valence-corrected chi connectivity index (χ3v) is 5.32. The Morgan fingerprint density at radius 3 is 3.08 bits per heavy atom. The van der Waals surface area contributed by atoms with Crippen molar-refractivity contribution in [1.82, 2.24) is 20.1 Å². The average Bonchev–Trinajstić information content (AvgIpc) is 3.41. The van der Waals surface area contributed by atoms with Gasteiger partial charge in [-0.2, -0.15) is 4.98 Å². The number of rotatable bonds is 4. The van der Waals surface area contributed by atoms with Crippen molar-refractivity contribution in [3.8, 4) is 0 Å². The molecule has 1 atom stereocenters. The third-order valence-electron chi connectivity index (χ3n) is 5.32. The molecule has 0 spiro atoms. The van der Waals surface area contributed by atoms with Crippen LogP contribution in [0.3, 0.4) is 0 Å². The molecule has 7 nitrogen and oxygen atoms in total. The summed E-state index contributed by atoms with van der Waals surface area (Å²) in [6, 6.07) is 3.90. The lowest BCUT2D eigenvalue weighted by molar-refractivity contribution is 0.0194. The molecule has 2 aliphatic rings. The first-order valence-electron chi connectivity index (χ1n) is 9.19. The third kappa shape index (κ3) is 2.92. The Balaban J connectivity index is 1.39.